The summed E-state index contributed by atoms with van der Waals surface area (Å²) in [6.45, 7) is 10.9. The van der Waals surface area contributed by atoms with Crippen molar-refractivity contribution in [1.29, 1.82) is 0 Å². The van der Waals surface area contributed by atoms with Crippen LogP contribution in [0.3, 0.4) is 0 Å². The zero-order valence-corrected chi connectivity index (χ0v) is 26.3. The molecule has 0 bridgehead atoms. The Labute approximate surface area is 242 Å². The molecule has 4 rings (SSSR count). The summed E-state index contributed by atoms with van der Waals surface area (Å²) in [5.41, 5.74) is 0.0449. The molecule has 0 spiro atoms. The van der Waals surface area contributed by atoms with Crippen molar-refractivity contribution in [1.82, 2.24) is 19.5 Å². The zero-order chi connectivity index (χ0) is 28.7. The fourth-order valence-corrected chi connectivity index (χ4v) is 5.52. The van der Waals surface area contributed by atoms with E-state index in [-0.39, 0.29) is 29.2 Å². The minimum Gasteiger partial charge on any atom is -0.414 e. The summed E-state index contributed by atoms with van der Waals surface area (Å²) < 4.78 is 14.8. The molecule has 0 saturated carbocycles. The lowest BCUT2D eigenvalue weighted by atomic mass is 10.1. The molecule has 1 fully saturated rings. The van der Waals surface area contributed by atoms with Gasteiger partial charge in [0.1, 0.15) is 18.4 Å². The SMILES string of the molecule is CN(C)C=Nc1nc(=O)n([C@H]2CC(ON3C(=O)c4ccccc4C3=O)[C@@H](CO[Si](C)(C)C(C)(C)C)O2)cc1I. The monoisotopic (exact) mass is 667 g/mol. The van der Waals surface area contributed by atoms with Gasteiger partial charge in [-0.25, -0.2) is 9.79 Å². The Morgan fingerprint density at radius 1 is 1.18 bits per heavy atom. The molecule has 11 nitrogen and oxygen atoms in total. The van der Waals surface area contributed by atoms with Gasteiger partial charge >= 0.3 is 5.69 Å². The van der Waals surface area contributed by atoms with Crippen molar-refractivity contribution in [2.24, 2.45) is 4.99 Å². The molecule has 2 aliphatic rings. The van der Waals surface area contributed by atoms with E-state index in [0.29, 0.717) is 9.39 Å². The minimum atomic E-state index is -2.16. The molecule has 2 amide bonds. The summed E-state index contributed by atoms with van der Waals surface area (Å²) in [4.78, 5) is 55.1. The van der Waals surface area contributed by atoms with Crippen LogP contribution in [0.4, 0.5) is 5.82 Å². The number of hydrogen-bond donors (Lipinski definition) is 0. The first-order valence-electron chi connectivity index (χ1n) is 12.6. The van der Waals surface area contributed by atoms with Gasteiger partial charge in [0.05, 0.1) is 27.6 Å². The van der Waals surface area contributed by atoms with E-state index in [1.807, 2.05) is 14.1 Å². The van der Waals surface area contributed by atoms with Gasteiger partial charge in [0.15, 0.2) is 14.1 Å². The molecular formula is C26H34IN5O6Si. The van der Waals surface area contributed by atoms with Crippen LogP contribution in [0.25, 0.3) is 0 Å². The molecule has 0 aliphatic carbocycles. The lowest BCUT2D eigenvalue weighted by Gasteiger charge is -2.37. The highest BCUT2D eigenvalue weighted by atomic mass is 127. The highest BCUT2D eigenvalue weighted by Gasteiger charge is 2.46. The molecule has 39 heavy (non-hydrogen) atoms. The summed E-state index contributed by atoms with van der Waals surface area (Å²) in [5, 5.41) is 0.758. The number of carbonyl (C=O) groups is 2. The number of aliphatic imine (C=N–C) groups is 1. The van der Waals surface area contributed by atoms with Crippen molar-refractivity contribution in [2.45, 2.75) is 63.8 Å². The topological polar surface area (TPSA) is 116 Å². The lowest BCUT2D eigenvalue weighted by molar-refractivity contribution is -0.154. The van der Waals surface area contributed by atoms with E-state index >= 15 is 0 Å². The number of hydroxylamine groups is 2. The van der Waals surface area contributed by atoms with Crippen LogP contribution < -0.4 is 5.69 Å². The number of aromatic nitrogens is 2. The molecule has 3 atom stereocenters. The maximum atomic E-state index is 13.0. The third-order valence-electron chi connectivity index (χ3n) is 7.20. The van der Waals surface area contributed by atoms with Gasteiger partial charge in [0.2, 0.25) is 0 Å². The summed E-state index contributed by atoms with van der Waals surface area (Å²) in [5.74, 6) is -0.751. The van der Waals surface area contributed by atoms with E-state index in [0.717, 1.165) is 5.06 Å². The van der Waals surface area contributed by atoms with E-state index in [9.17, 15) is 14.4 Å². The van der Waals surface area contributed by atoms with E-state index in [1.165, 1.54) is 4.57 Å². The fourth-order valence-electron chi connectivity index (χ4n) is 3.94. The fraction of sp³-hybridized carbons (Fsp3) is 0.500. The maximum Gasteiger partial charge on any atom is 0.351 e. The molecule has 2 aromatic rings. The van der Waals surface area contributed by atoms with Crippen molar-refractivity contribution < 1.29 is 23.6 Å². The normalized spacial score (nSPS) is 21.7. The van der Waals surface area contributed by atoms with Crippen LogP contribution in [0.5, 0.6) is 0 Å². The Balaban J connectivity index is 1.60. The van der Waals surface area contributed by atoms with Crippen molar-refractivity contribution in [2.75, 3.05) is 20.7 Å². The Morgan fingerprint density at radius 2 is 1.79 bits per heavy atom. The maximum absolute atomic E-state index is 13.0. The molecule has 1 saturated heterocycles. The summed E-state index contributed by atoms with van der Waals surface area (Å²) in [7, 11) is 1.49. The molecule has 0 N–H and O–H groups in total. The van der Waals surface area contributed by atoms with Gasteiger partial charge in [-0.3, -0.25) is 19.0 Å². The van der Waals surface area contributed by atoms with Crippen molar-refractivity contribution in [3.63, 3.8) is 0 Å². The Bertz CT molecular complexity index is 1320. The van der Waals surface area contributed by atoms with Crippen molar-refractivity contribution >= 4 is 54.9 Å². The number of benzene rings is 1. The second-order valence-electron chi connectivity index (χ2n) is 11.3. The molecule has 3 heterocycles. The molecular weight excluding hydrogens is 633 g/mol. The van der Waals surface area contributed by atoms with Crippen LogP contribution in [-0.4, -0.2) is 78.9 Å². The first kappa shape index (κ1) is 29.5. The lowest BCUT2D eigenvalue weighted by Crippen LogP contribution is -2.45. The van der Waals surface area contributed by atoms with Crippen LogP contribution >= 0.6 is 22.6 Å². The molecule has 2 aliphatic heterocycles. The molecule has 210 valence electrons. The second-order valence-corrected chi connectivity index (χ2v) is 17.3. The Kier molecular flexibility index (Phi) is 8.47. The Hall–Kier alpha value is -2.46. The summed E-state index contributed by atoms with van der Waals surface area (Å²) >= 11 is 2.07. The van der Waals surface area contributed by atoms with Crippen LogP contribution in [0.1, 0.15) is 54.1 Å². The Morgan fingerprint density at radius 3 is 2.36 bits per heavy atom. The summed E-state index contributed by atoms with van der Waals surface area (Å²) in [6, 6.07) is 6.59. The van der Waals surface area contributed by atoms with Crippen LogP contribution in [0, 0.1) is 3.57 Å². The molecule has 0 radical (unpaired) electrons. The predicted molar refractivity (Wildman–Crippen MR) is 157 cm³/mol. The number of fused-ring (bicyclic) bond motifs is 1. The predicted octanol–water partition coefficient (Wildman–Crippen LogP) is 3.98. The number of amides is 2. The van der Waals surface area contributed by atoms with Crippen molar-refractivity contribution in [3.05, 3.63) is 55.6 Å². The van der Waals surface area contributed by atoms with Crippen LogP contribution in [0.2, 0.25) is 18.1 Å². The largest absolute Gasteiger partial charge is 0.414 e. The smallest absolute Gasteiger partial charge is 0.351 e. The van der Waals surface area contributed by atoms with E-state index < -0.39 is 44.3 Å². The van der Waals surface area contributed by atoms with Gasteiger partial charge in [-0.1, -0.05) is 32.9 Å². The van der Waals surface area contributed by atoms with Gasteiger partial charge in [0, 0.05) is 26.7 Å². The first-order valence-corrected chi connectivity index (χ1v) is 16.6. The highest BCUT2D eigenvalue weighted by molar-refractivity contribution is 14.1. The first-order chi connectivity index (χ1) is 18.2. The second kappa shape index (κ2) is 11.2. The number of halogens is 1. The number of rotatable bonds is 8. The number of ether oxygens (including phenoxy) is 1. The molecule has 1 aromatic carbocycles. The van der Waals surface area contributed by atoms with Crippen LogP contribution in [0.15, 0.2) is 40.2 Å². The minimum absolute atomic E-state index is 0.0379. The van der Waals surface area contributed by atoms with E-state index in [1.54, 1.807) is 41.7 Å². The van der Waals surface area contributed by atoms with Gasteiger partial charge < -0.3 is 14.1 Å². The van der Waals surface area contributed by atoms with Gasteiger partial charge in [-0.2, -0.15) is 4.98 Å². The number of carbonyl (C=O) groups excluding carboxylic acids is 2. The quantitative estimate of drug-likeness (QED) is 0.137. The standard InChI is InChI=1S/C26H34IN5O6Si/c1-26(2,3)39(6,7)36-14-20-19(38-32-23(33)16-10-8-9-11-17(16)24(32)34)12-21(37-20)31-13-18(27)22(29-25(31)35)28-15-30(4)5/h8-11,13,15,19-21H,12,14H2,1-7H3/t19?,20-,21-/m1/s1. The van der Waals surface area contributed by atoms with Gasteiger partial charge in [-0.15, -0.1) is 5.06 Å². The average molecular weight is 668 g/mol. The number of imide groups is 1. The van der Waals surface area contributed by atoms with Gasteiger partial charge in [-0.05, 0) is 52.9 Å². The molecule has 13 heteroatoms. The number of nitrogens with zero attached hydrogens (tertiary/aromatic N) is 5. The van der Waals surface area contributed by atoms with E-state index in [4.69, 9.17) is 14.0 Å². The van der Waals surface area contributed by atoms with Gasteiger partial charge in [0.25, 0.3) is 11.8 Å². The summed E-state index contributed by atoms with van der Waals surface area (Å²) in [6.07, 6.45) is 1.32. The third-order valence-corrected chi connectivity index (χ3v) is 12.5. The average Bonchev–Trinajstić information content (AvgIpc) is 3.37. The third kappa shape index (κ3) is 6.16. The van der Waals surface area contributed by atoms with Crippen LogP contribution in [-0.2, 0) is 14.0 Å². The van der Waals surface area contributed by atoms with E-state index in [2.05, 4.69) is 66.4 Å². The molecule has 1 unspecified atom stereocenters. The molecule has 1 aromatic heterocycles. The highest BCUT2D eigenvalue weighted by Crippen LogP contribution is 2.39. The zero-order valence-electron chi connectivity index (χ0n) is 23.2. The number of hydrogen-bond acceptors (Lipinski definition) is 8. The van der Waals surface area contributed by atoms with Crippen molar-refractivity contribution in [3.8, 4) is 0 Å².